The van der Waals surface area contributed by atoms with Crippen molar-refractivity contribution in [3.8, 4) is 0 Å². The molecule has 0 atom stereocenters. The van der Waals surface area contributed by atoms with Gasteiger partial charge < -0.3 is 15.7 Å². The van der Waals surface area contributed by atoms with Crippen molar-refractivity contribution in [3.05, 3.63) is 16.1 Å². The van der Waals surface area contributed by atoms with Gasteiger partial charge in [0.2, 0.25) is 5.91 Å². The molecule has 1 aromatic rings. The highest BCUT2D eigenvalue weighted by Crippen LogP contribution is 2.18. The van der Waals surface area contributed by atoms with E-state index in [-0.39, 0.29) is 29.6 Å². The number of rotatable bonds is 6. The van der Waals surface area contributed by atoms with E-state index in [0.717, 1.165) is 24.2 Å². The van der Waals surface area contributed by atoms with Gasteiger partial charge in [-0.3, -0.25) is 9.59 Å². The molecule has 0 aliphatic heterocycles. The van der Waals surface area contributed by atoms with Crippen LogP contribution in [0.25, 0.3) is 0 Å². The minimum absolute atomic E-state index is 0.0833. The smallest absolute Gasteiger partial charge is 0.355 e. The molecule has 0 bridgehead atoms. The number of aromatic nitrogens is 1. The summed E-state index contributed by atoms with van der Waals surface area (Å²) < 4.78 is 0. The number of carboxylic acids is 1. The lowest BCUT2D eigenvalue weighted by Crippen LogP contribution is -2.31. The van der Waals surface area contributed by atoms with Crippen molar-refractivity contribution >= 4 is 29.1 Å². The van der Waals surface area contributed by atoms with E-state index in [4.69, 9.17) is 5.11 Å². The third kappa shape index (κ3) is 4.02. The van der Waals surface area contributed by atoms with Crippen LogP contribution < -0.4 is 10.6 Å². The number of thiazole rings is 1. The lowest BCUT2D eigenvalue weighted by atomic mass is 10.4. The van der Waals surface area contributed by atoms with Crippen LogP contribution in [0.3, 0.4) is 0 Å². The number of nitrogens with one attached hydrogen (secondary N) is 2. The monoisotopic (exact) mass is 283 g/mol. The van der Waals surface area contributed by atoms with Crippen LogP contribution in [0.1, 0.15) is 39.6 Å². The molecular weight excluding hydrogens is 270 g/mol. The highest BCUT2D eigenvalue weighted by atomic mass is 32.1. The van der Waals surface area contributed by atoms with Crippen molar-refractivity contribution in [1.82, 2.24) is 15.6 Å². The van der Waals surface area contributed by atoms with E-state index in [1.807, 2.05) is 0 Å². The lowest BCUT2D eigenvalue weighted by Gasteiger charge is -2.04. The fourth-order valence-electron chi connectivity index (χ4n) is 1.37. The van der Waals surface area contributed by atoms with Crippen LogP contribution in [-0.2, 0) is 4.79 Å². The minimum atomic E-state index is -1.17. The van der Waals surface area contributed by atoms with Crippen molar-refractivity contribution in [1.29, 1.82) is 0 Å². The maximum Gasteiger partial charge on any atom is 0.355 e. The molecule has 1 aliphatic rings. The Morgan fingerprint density at radius 2 is 2.16 bits per heavy atom. The molecule has 0 aromatic carbocycles. The molecule has 1 fully saturated rings. The quantitative estimate of drug-likeness (QED) is 0.693. The number of carbonyl (C=O) groups is 3. The van der Waals surface area contributed by atoms with Crippen molar-refractivity contribution in [2.45, 2.75) is 25.3 Å². The molecular formula is C11H13N3O4S. The molecule has 102 valence electrons. The van der Waals surface area contributed by atoms with Gasteiger partial charge in [0.25, 0.3) is 5.91 Å². The molecule has 1 heterocycles. The topological polar surface area (TPSA) is 108 Å². The number of hydrogen-bond donors (Lipinski definition) is 3. The molecule has 1 aromatic heterocycles. The van der Waals surface area contributed by atoms with Crippen LogP contribution in [-0.4, -0.2) is 40.5 Å². The first-order chi connectivity index (χ1) is 9.06. The highest BCUT2D eigenvalue weighted by molar-refractivity contribution is 7.11. The van der Waals surface area contributed by atoms with E-state index in [0.29, 0.717) is 6.04 Å². The maximum absolute atomic E-state index is 11.6. The van der Waals surface area contributed by atoms with E-state index >= 15 is 0 Å². The van der Waals surface area contributed by atoms with E-state index in [2.05, 4.69) is 15.6 Å². The van der Waals surface area contributed by atoms with Crippen LogP contribution in [0.5, 0.6) is 0 Å². The summed E-state index contributed by atoms with van der Waals surface area (Å²) in [7, 11) is 0. The van der Waals surface area contributed by atoms with E-state index in [1.165, 1.54) is 5.38 Å². The summed E-state index contributed by atoms with van der Waals surface area (Å²) in [4.78, 5) is 37.2. The van der Waals surface area contributed by atoms with Gasteiger partial charge >= 0.3 is 5.97 Å². The Morgan fingerprint density at radius 1 is 1.42 bits per heavy atom. The van der Waals surface area contributed by atoms with Gasteiger partial charge in [-0.05, 0) is 12.8 Å². The number of hydrogen-bond acceptors (Lipinski definition) is 5. The second-order valence-corrected chi connectivity index (χ2v) is 5.05. The van der Waals surface area contributed by atoms with Gasteiger partial charge in [0.15, 0.2) is 10.7 Å². The normalized spacial score (nSPS) is 13.9. The number of carbonyl (C=O) groups excluding carboxylic acids is 2. The molecule has 0 spiro atoms. The highest BCUT2D eigenvalue weighted by Gasteiger charge is 2.23. The van der Waals surface area contributed by atoms with Crippen LogP contribution in [0.2, 0.25) is 0 Å². The molecule has 0 radical (unpaired) electrons. The average Bonchev–Trinajstić information content (AvgIpc) is 3.01. The molecule has 2 amide bonds. The first kappa shape index (κ1) is 13.5. The third-order valence-corrected chi connectivity index (χ3v) is 3.34. The summed E-state index contributed by atoms with van der Waals surface area (Å²) in [6, 6.07) is 0.306. The van der Waals surface area contributed by atoms with E-state index in [9.17, 15) is 14.4 Å². The summed E-state index contributed by atoms with van der Waals surface area (Å²) in [6.07, 6.45) is 2.25. The number of amides is 2. The Hall–Kier alpha value is -1.96. The Morgan fingerprint density at radius 3 is 2.74 bits per heavy atom. The van der Waals surface area contributed by atoms with Crippen molar-refractivity contribution < 1.29 is 19.5 Å². The van der Waals surface area contributed by atoms with Gasteiger partial charge in [-0.1, -0.05) is 0 Å². The van der Waals surface area contributed by atoms with Crippen LogP contribution in [0.4, 0.5) is 0 Å². The lowest BCUT2D eigenvalue weighted by molar-refractivity contribution is -0.121. The predicted octanol–water partition coefficient (Wildman–Crippen LogP) is 0.240. The standard InChI is InChI=1S/C11H13N3O4S/c15-8(13-6-1-2-6)3-4-12-9(16)10-14-7(5-19-10)11(17)18/h5-6H,1-4H2,(H,12,16)(H,13,15)(H,17,18). The Bertz CT molecular complexity index is 510. The number of aromatic carboxylic acids is 1. The van der Waals surface area contributed by atoms with Crippen molar-refractivity contribution in [2.24, 2.45) is 0 Å². The predicted molar refractivity (Wildman–Crippen MR) is 67.2 cm³/mol. The number of nitrogens with zero attached hydrogens (tertiary/aromatic N) is 1. The molecule has 19 heavy (non-hydrogen) atoms. The molecule has 0 unspecified atom stereocenters. The SMILES string of the molecule is O=C(CCNC(=O)c1nc(C(=O)O)cs1)NC1CC1. The van der Waals surface area contributed by atoms with Gasteiger partial charge in [0.05, 0.1) is 0 Å². The third-order valence-electron chi connectivity index (χ3n) is 2.50. The summed E-state index contributed by atoms with van der Waals surface area (Å²) in [5, 5.41) is 15.4. The van der Waals surface area contributed by atoms with Gasteiger partial charge in [-0.25, -0.2) is 9.78 Å². The van der Waals surface area contributed by atoms with Crippen LogP contribution in [0.15, 0.2) is 5.38 Å². The first-order valence-corrected chi connectivity index (χ1v) is 6.70. The van der Waals surface area contributed by atoms with Gasteiger partial charge in [-0.15, -0.1) is 11.3 Å². The molecule has 1 saturated carbocycles. The zero-order valence-corrected chi connectivity index (χ0v) is 10.8. The number of carboxylic acid groups (broad SMARTS) is 1. The van der Waals surface area contributed by atoms with Crippen LogP contribution >= 0.6 is 11.3 Å². The van der Waals surface area contributed by atoms with E-state index < -0.39 is 11.9 Å². The molecule has 8 heteroatoms. The largest absolute Gasteiger partial charge is 0.476 e. The van der Waals surface area contributed by atoms with Crippen molar-refractivity contribution in [3.63, 3.8) is 0 Å². The molecule has 0 saturated heterocycles. The van der Waals surface area contributed by atoms with Crippen LogP contribution in [0, 0.1) is 0 Å². The fraction of sp³-hybridized carbons (Fsp3) is 0.455. The summed E-state index contributed by atoms with van der Waals surface area (Å²) in [5.41, 5.74) is -0.151. The van der Waals surface area contributed by atoms with Gasteiger partial charge in [0, 0.05) is 24.4 Å². The summed E-state index contributed by atoms with van der Waals surface area (Å²) >= 11 is 0.961. The zero-order chi connectivity index (χ0) is 13.8. The Labute approximate surface area is 113 Å². The Balaban J connectivity index is 1.73. The molecule has 7 nitrogen and oxygen atoms in total. The average molecular weight is 283 g/mol. The van der Waals surface area contributed by atoms with Gasteiger partial charge in [-0.2, -0.15) is 0 Å². The fourth-order valence-corrected chi connectivity index (χ4v) is 2.08. The maximum atomic E-state index is 11.6. The first-order valence-electron chi connectivity index (χ1n) is 5.82. The molecule has 3 N–H and O–H groups in total. The van der Waals surface area contributed by atoms with Crippen molar-refractivity contribution in [2.75, 3.05) is 6.54 Å². The Kier molecular flexibility index (Phi) is 4.10. The second kappa shape index (κ2) is 5.79. The summed E-state index contributed by atoms with van der Waals surface area (Å²) in [5.74, 6) is -1.72. The van der Waals surface area contributed by atoms with Gasteiger partial charge in [0.1, 0.15) is 0 Å². The second-order valence-electron chi connectivity index (χ2n) is 4.19. The minimum Gasteiger partial charge on any atom is -0.476 e. The molecule has 1 aliphatic carbocycles. The summed E-state index contributed by atoms with van der Waals surface area (Å²) in [6.45, 7) is 0.208. The molecule has 2 rings (SSSR count). The zero-order valence-electron chi connectivity index (χ0n) is 10.0. The van der Waals surface area contributed by atoms with E-state index in [1.54, 1.807) is 0 Å².